The number of aromatic carboxylic acids is 1. The Morgan fingerprint density at radius 1 is 1.44 bits per heavy atom. The van der Waals surface area contributed by atoms with E-state index in [4.69, 9.17) is 9.63 Å². The van der Waals surface area contributed by atoms with E-state index in [1.54, 1.807) is 26.0 Å². The van der Waals surface area contributed by atoms with Crippen LogP contribution in [0.25, 0.3) is 0 Å². The zero-order valence-corrected chi connectivity index (χ0v) is 10.8. The fourth-order valence-corrected chi connectivity index (χ4v) is 2.25. The number of aromatic nitrogens is 2. The summed E-state index contributed by atoms with van der Waals surface area (Å²) in [5.74, 6) is 0.778. The van der Waals surface area contributed by atoms with E-state index < -0.39 is 5.97 Å². The van der Waals surface area contributed by atoms with Crippen LogP contribution in [-0.2, 0) is 5.75 Å². The van der Waals surface area contributed by atoms with Crippen LogP contribution in [0.4, 0.5) is 0 Å². The summed E-state index contributed by atoms with van der Waals surface area (Å²) in [5, 5.41) is 12.8. The number of hydrogen-bond acceptors (Lipinski definition) is 5. The molecule has 0 spiro atoms. The Morgan fingerprint density at radius 2 is 2.22 bits per heavy atom. The molecular weight excluding hydrogens is 252 g/mol. The summed E-state index contributed by atoms with van der Waals surface area (Å²) >= 11 is 1.48. The van der Waals surface area contributed by atoms with Gasteiger partial charge in [0.25, 0.3) is 0 Å². The van der Waals surface area contributed by atoms with Crippen LogP contribution in [0.1, 0.15) is 27.6 Å². The highest BCUT2D eigenvalue weighted by molar-refractivity contribution is 7.98. The molecule has 1 aromatic heterocycles. The van der Waals surface area contributed by atoms with Crippen LogP contribution in [0.5, 0.6) is 0 Å². The summed E-state index contributed by atoms with van der Waals surface area (Å²) in [7, 11) is 0. The normalized spacial score (nSPS) is 10.6. The minimum atomic E-state index is -0.912. The van der Waals surface area contributed by atoms with Crippen molar-refractivity contribution in [3.8, 4) is 0 Å². The van der Waals surface area contributed by atoms with Crippen molar-refractivity contribution < 1.29 is 14.4 Å². The summed E-state index contributed by atoms with van der Waals surface area (Å²) in [6, 6.07) is 5.35. The number of carboxylic acid groups (broad SMARTS) is 1. The molecule has 0 aliphatic heterocycles. The number of aryl methyl sites for hydroxylation is 2. The van der Waals surface area contributed by atoms with Gasteiger partial charge in [-0.1, -0.05) is 11.2 Å². The largest absolute Gasteiger partial charge is 0.478 e. The fourth-order valence-electron chi connectivity index (χ4n) is 1.47. The summed E-state index contributed by atoms with van der Waals surface area (Å²) < 4.78 is 4.87. The van der Waals surface area contributed by atoms with E-state index in [0.717, 1.165) is 10.5 Å². The molecular formula is C12H12N2O3S. The molecule has 0 atom stereocenters. The third kappa shape index (κ3) is 2.89. The van der Waals surface area contributed by atoms with Gasteiger partial charge in [-0.2, -0.15) is 4.98 Å². The predicted octanol–water partition coefficient (Wildman–Crippen LogP) is 2.68. The van der Waals surface area contributed by atoms with Crippen LogP contribution < -0.4 is 0 Å². The lowest BCUT2D eigenvalue weighted by atomic mass is 10.1. The maximum atomic E-state index is 11.0. The van der Waals surface area contributed by atoms with E-state index in [2.05, 4.69) is 10.1 Å². The van der Waals surface area contributed by atoms with E-state index in [-0.39, 0.29) is 0 Å². The first kappa shape index (κ1) is 12.6. The molecule has 0 unspecified atom stereocenters. The van der Waals surface area contributed by atoms with Crippen LogP contribution in [0.3, 0.4) is 0 Å². The monoisotopic (exact) mass is 264 g/mol. The van der Waals surface area contributed by atoms with Gasteiger partial charge in [-0.25, -0.2) is 4.79 Å². The molecule has 2 aromatic rings. The predicted molar refractivity (Wildman–Crippen MR) is 66.7 cm³/mol. The second kappa shape index (κ2) is 5.22. The molecule has 2 rings (SSSR count). The molecule has 5 nitrogen and oxygen atoms in total. The van der Waals surface area contributed by atoms with Crippen molar-refractivity contribution in [2.24, 2.45) is 0 Å². The number of nitrogens with zero attached hydrogens (tertiary/aromatic N) is 2. The molecule has 18 heavy (non-hydrogen) atoms. The minimum absolute atomic E-state index is 0.323. The topological polar surface area (TPSA) is 76.2 Å². The van der Waals surface area contributed by atoms with Gasteiger partial charge in [0.05, 0.1) is 11.3 Å². The first-order chi connectivity index (χ1) is 8.56. The maximum Gasteiger partial charge on any atom is 0.335 e. The van der Waals surface area contributed by atoms with Gasteiger partial charge in [-0.05, 0) is 24.6 Å². The van der Waals surface area contributed by atoms with Gasteiger partial charge in [0, 0.05) is 11.8 Å². The number of carboxylic acids is 1. The third-order valence-corrected chi connectivity index (χ3v) is 3.37. The Bertz CT molecular complexity index is 580. The zero-order valence-electron chi connectivity index (χ0n) is 10.0. The quantitative estimate of drug-likeness (QED) is 0.855. The Morgan fingerprint density at radius 3 is 2.83 bits per heavy atom. The van der Waals surface area contributed by atoms with E-state index in [9.17, 15) is 4.79 Å². The minimum Gasteiger partial charge on any atom is -0.478 e. The second-order valence-corrected chi connectivity index (χ2v) is 4.85. The van der Waals surface area contributed by atoms with Crippen LogP contribution in [-0.4, -0.2) is 21.2 Å². The molecule has 0 aliphatic rings. The average Bonchev–Trinajstić information content (AvgIpc) is 2.74. The van der Waals surface area contributed by atoms with Crippen molar-refractivity contribution in [3.63, 3.8) is 0 Å². The SMILES string of the molecule is Cc1nc(CSc2ccc(C)c(C(=O)O)c2)no1. The Balaban J connectivity index is 2.10. The number of benzene rings is 1. The number of carbonyl (C=O) groups is 1. The zero-order chi connectivity index (χ0) is 13.1. The Hall–Kier alpha value is -1.82. The molecule has 1 N–H and O–H groups in total. The van der Waals surface area contributed by atoms with Crippen molar-refractivity contribution in [3.05, 3.63) is 41.0 Å². The summed E-state index contributed by atoms with van der Waals surface area (Å²) in [6.07, 6.45) is 0. The summed E-state index contributed by atoms with van der Waals surface area (Å²) in [5.41, 5.74) is 1.08. The fraction of sp³-hybridized carbons (Fsp3) is 0.250. The number of rotatable bonds is 4. The molecule has 1 heterocycles. The van der Waals surface area contributed by atoms with E-state index >= 15 is 0 Å². The molecule has 0 fully saturated rings. The highest BCUT2D eigenvalue weighted by Gasteiger charge is 2.09. The van der Waals surface area contributed by atoms with Crippen molar-refractivity contribution in [1.29, 1.82) is 0 Å². The van der Waals surface area contributed by atoms with Crippen LogP contribution in [0.15, 0.2) is 27.6 Å². The molecule has 0 saturated heterocycles. The summed E-state index contributed by atoms with van der Waals surface area (Å²) in [6.45, 7) is 3.51. The van der Waals surface area contributed by atoms with Gasteiger partial charge in [0.1, 0.15) is 0 Å². The van der Waals surface area contributed by atoms with Crippen molar-refractivity contribution >= 4 is 17.7 Å². The van der Waals surface area contributed by atoms with E-state index in [1.165, 1.54) is 11.8 Å². The third-order valence-electron chi connectivity index (χ3n) is 2.38. The van der Waals surface area contributed by atoms with Crippen LogP contribution in [0, 0.1) is 13.8 Å². The van der Waals surface area contributed by atoms with Crippen LogP contribution >= 0.6 is 11.8 Å². The highest BCUT2D eigenvalue weighted by Crippen LogP contribution is 2.24. The van der Waals surface area contributed by atoms with Gasteiger partial charge in [0.15, 0.2) is 5.82 Å². The van der Waals surface area contributed by atoms with Gasteiger partial charge in [-0.15, -0.1) is 11.8 Å². The van der Waals surface area contributed by atoms with Gasteiger partial charge < -0.3 is 9.63 Å². The molecule has 0 bridgehead atoms. The standard InChI is InChI=1S/C12H12N2O3S/c1-7-3-4-9(5-10(7)12(15)16)18-6-11-13-8(2)17-14-11/h3-5H,6H2,1-2H3,(H,15,16). The smallest absolute Gasteiger partial charge is 0.335 e. The molecule has 0 saturated carbocycles. The van der Waals surface area contributed by atoms with Gasteiger partial charge in [0.2, 0.25) is 5.89 Å². The van der Waals surface area contributed by atoms with E-state index in [0.29, 0.717) is 23.0 Å². The second-order valence-electron chi connectivity index (χ2n) is 3.80. The Labute approximate surface area is 108 Å². The number of thioether (sulfide) groups is 1. The van der Waals surface area contributed by atoms with Crippen molar-refractivity contribution in [1.82, 2.24) is 10.1 Å². The molecule has 0 amide bonds. The van der Waals surface area contributed by atoms with Crippen LogP contribution in [0.2, 0.25) is 0 Å². The molecule has 0 radical (unpaired) electrons. The molecule has 0 aliphatic carbocycles. The number of hydrogen-bond donors (Lipinski definition) is 1. The maximum absolute atomic E-state index is 11.0. The lowest BCUT2D eigenvalue weighted by Crippen LogP contribution is -1.99. The lowest BCUT2D eigenvalue weighted by molar-refractivity contribution is 0.0696. The summed E-state index contributed by atoms with van der Waals surface area (Å²) in [4.78, 5) is 16.0. The van der Waals surface area contributed by atoms with Gasteiger partial charge in [-0.3, -0.25) is 0 Å². The van der Waals surface area contributed by atoms with Crippen molar-refractivity contribution in [2.75, 3.05) is 0 Å². The highest BCUT2D eigenvalue weighted by atomic mass is 32.2. The van der Waals surface area contributed by atoms with E-state index in [1.807, 2.05) is 6.07 Å². The first-order valence-electron chi connectivity index (χ1n) is 5.32. The molecule has 94 valence electrons. The van der Waals surface area contributed by atoms with Crippen molar-refractivity contribution in [2.45, 2.75) is 24.5 Å². The first-order valence-corrected chi connectivity index (χ1v) is 6.31. The Kier molecular flexibility index (Phi) is 3.66. The molecule has 6 heteroatoms. The average molecular weight is 264 g/mol. The lowest BCUT2D eigenvalue weighted by Gasteiger charge is -2.03. The van der Waals surface area contributed by atoms with Gasteiger partial charge >= 0.3 is 5.97 Å². The molecule has 1 aromatic carbocycles.